The summed E-state index contributed by atoms with van der Waals surface area (Å²) in [5.41, 5.74) is 1.31. The standard InChI is InChI=1S/C31H42O5/c1-18-19-9-10-22-27(3,20(19)15-21(32)24(18)33)11-12-29(5)23-16-26(2,25(34)36-8)17-31(7,35)30(23,6)14-13-28(22,29)4/h9-10,15,23,33,35H,11-14,16-17H2,1-8H3/t23-,26+,27+,28-,29-,30-,31-/m1/s1. The van der Waals surface area contributed by atoms with Crippen LogP contribution in [-0.4, -0.2) is 34.7 Å². The second-order valence-corrected chi connectivity index (χ2v) is 13.8. The number of esters is 1. The molecule has 0 heterocycles. The molecule has 0 aromatic heterocycles. The Hall–Kier alpha value is -2.14. The van der Waals surface area contributed by atoms with Crippen LogP contribution in [0.3, 0.4) is 0 Å². The summed E-state index contributed by atoms with van der Waals surface area (Å²) >= 11 is 0. The minimum atomic E-state index is -0.990. The van der Waals surface area contributed by atoms with Crippen molar-refractivity contribution in [2.75, 3.05) is 7.11 Å². The topological polar surface area (TPSA) is 83.8 Å². The van der Waals surface area contributed by atoms with Crippen molar-refractivity contribution in [3.8, 4) is 0 Å². The average molecular weight is 495 g/mol. The van der Waals surface area contributed by atoms with E-state index in [2.05, 4.69) is 39.8 Å². The Morgan fingerprint density at radius 3 is 2.28 bits per heavy atom. The van der Waals surface area contributed by atoms with Crippen molar-refractivity contribution in [1.29, 1.82) is 0 Å². The van der Waals surface area contributed by atoms with Gasteiger partial charge >= 0.3 is 5.97 Å². The number of fused-ring (bicyclic) bond motifs is 7. The van der Waals surface area contributed by atoms with Gasteiger partial charge in [0.1, 0.15) is 0 Å². The summed E-state index contributed by atoms with van der Waals surface area (Å²) < 4.78 is 5.25. The molecule has 0 amide bonds. The van der Waals surface area contributed by atoms with Crippen molar-refractivity contribution in [2.24, 2.45) is 33.0 Å². The third kappa shape index (κ3) is 2.81. The van der Waals surface area contributed by atoms with E-state index in [4.69, 9.17) is 4.74 Å². The van der Waals surface area contributed by atoms with Crippen LogP contribution >= 0.6 is 0 Å². The van der Waals surface area contributed by atoms with Crippen molar-refractivity contribution in [3.05, 3.63) is 46.3 Å². The normalized spacial score (nSPS) is 48.0. The van der Waals surface area contributed by atoms with E-state index in [0.717, 1.165) is 36.8 Å². The van der Waals surface area contributed by atoms with Crippen molar-refractivity contribution >= 4 is 11.8 Å². The van der Waals surface area contributed by atoms with Crippen LogP contribution in [0.4, 0.5) is 0 Å². The zero-order valence-electron chi connectivity index (χ0n) is 23.2. The first-order valence-corrected chi connectivity index (χ1v) is 13.4. The van der Waals surface area contributed by atoms with E-state index in [-0.39, 0.29) is 45.1 Å². The Kier molecular flexibility index (Phi) is 5.13. The smallest absolute Gasteiger partial charge is 0.311 e. The van der Waals surface area contributed by atoms with E-state index in [0.29, 0.717) is 18.4 Å². The number of carbonyl (C=O) groups excluding carboxylic acids is 2. The molecular formula is C31H42O5. The maximum absolute atomic E-state index is 13.0. The number of aliphatic hydroxyl groups is 2. The van der Waals surface area contributed by atoms with Gasteiger partial charge in [0.25, 0.3) is 0 Å². The number of methoxy groups -OCH3 is 1. The molecule has 0 aromatic carbocycles. The Bertz CT molecular complexity index is 1200. The van der Waals surface area contributed by atoms with Gasteiger partial charge in [0.05, 0.1) is 18.1 Å². The van der Waals surface area contributed by atoms with Gasteiger partial charge in [-0.2, -0.15) is 0 Å². The highest BCUT2D eigenvalue weighted by molar-refractivity contribution is 6.06. The Morgan fingerprint density at radius 2 is 1.64 bits per heavy atom. The molecule has 196 valence electrons. The quantitative estimate of drug-likeness (QED) is 0.427. The van der Waals surface area contributed by atoms with Crippen LogP contribution in [-0.2, 0) is 14.3 Å². The lowest BCUT2D eigenvalue weighted by Crippen LogP contribution is -2.68. The molecule has 0 aliphatic heterocycles. The predicted octanol–water partition coefficient (Wildman–Crippen LogP) is 6.15. The number of hydrogen-bond donors (Lipinski definition) is 2. The minimum Gasteiger partial charge on any atom is -0.504 e. The van der Waals surface area contributed by atoms with Crippen LogP contribution in [0.15, 0.2) is 46.3 Å². The van der Waals surface area contributed by atoms with Crippen LogP contribution in [0, 0.1) is 33.0 Å². The molecule has 0 saturated heterocycles. The fourth-order valence-corrected chi connectivity index (χ4v) is 9.46. The average Bonchev–Trinajstić information content (AvgIpc) is 2.80. The van der Waals surface area contributed by atoms with Gasteiger partial charge < -0.3 is 14.9 Å². The van der Waals surface area contributed by atoms with Crippen molar-refractivity contribution < 1.29 is 24.5 Å². The molecule has 5 heteroatoms. The second-order valence-electron chi connectivity index (χ2n) is 13.8. The summed E-state index contributed by atoms with van der Waals surface area (Å²) in [6, 6.07) is 0. The molecule has 5 rings (SSSR count). The number of rotatable bonds is 1. The molecule has 3 saturated carbocycles. The van der Waals surface area contributed by atoms with E-state index in [1.54, 1.807) is 6.08 Å². The van der Waals surface area contributed by atoms with Gasteiger partial charge in [0.15, 0.2) is 5.76 Å². The Labute approximate surface area is 215 Å². The zero-order chi connectivity index (χ0) is 26.7. The van der Waals surface area contributed by atoms with E-state index >= 15 is 0 Å². The fourth-order valence-electron chi connectivity index (χ4n) is 9.46. The molecule has 5 nitrogen and oxygen atoms in total. The van der Waals surface area contributed by atoms with Gasteiger partial charge in [0.2, 0.25) is 5.78 Å². The Balaban J connectivity index is 1.67. The maximum Gasteiger partial charge on any atom is 0.311 e. The van der Waals surface area contributed by atoms with Crippen molar-refractivity contribution in [3.63, 3.8) is 0 Å². The highest BCUT2D eigenvalue weighted by atomic mass is 16.5. The number of carbonyl (C=O) groups is 2. The predicted molar refractivity (Wildman–Crippen MR) is 139 cm³/mol. The van der Waals surface area contributed by atoms with Crippen LogP contribution < -0.4 is 0 Å². The molecule has 5 aliphatic rings. The van der Waals surface area contributed by atoms with Gasteiger partial charge in [0, 0.05) is 11.0 Å². The van der Waals surface area contributed by atoms with E-state index in [9.17, 15) is 19.8 Å². The highest BCUT2D eigenvalue weighted by Crippen LogP contribution is 2.76. The minimum absolute atomic E-state index is 0.125. The SMILES string of the molecule is COC(=O)[C@@]1(C)C[C@H]2[C@@](C)(CC[C@]3(C)C4=CC=C5C(=CC(=O)C(O)=C5C)[C@]4(C)CC[C@]23C)[C@](C)(O)C1. The van der Waals surface area contributed by atoms with E-state index in [1.165, 1.54) is 12.7 Å². The second kappa shape index (κ2) is 7.24. The van der Waals surface area contributed by atoms with Crippen LogP contribution in [0.25, 0.3) is 0 Å². The van der Waals surface area contributed by atoms with Crippen LogP contribution in [0.2, 0.25) is 0 Å². The first-order chi connectivity index (χ1) is 16.5. The van der Waals surface area contributed by atoms with Crippen molar-refractivity contribution in [2.45, 2.75) is 92.6 Å². The molecule has 0 radical (unpaired) electrons. The van der Waals surface area contributed by atoms with Gasteiger partial charge in [-0.25, -0.2) is 0 Å². The zero-order valence-corrected chi connectivity index (χ0v) is 23.2. The lowest BCUT2D eigenvalue weighted by molar-refractivity contribution is -0.244. The molecule has 2 N–H and O–H groups in total. The lowest BCUT2D eigenvalue weighted by Gasteiger charge is -2.72. The molecule has 7 atom stereocenters. The molecule has 0 unspecified atom stereocenters. The molecule has 36 heavy (non-hydrogen) atoms. The van der Waals surface area contributed by atoms with Crippen LogP contribution in [0.5, 0.6) is 0 Å². The largest absolute Gasteiger partial charge is 0.504 e. The van der Waals surface area contributed by atoms with Gasteiger partial charge in [-0.1, -0.05) is 45.4 Å². The third-order valence-corrected chi connectivity index (χ3v) is 12.1. The molecule has 3 fully saturated rings. The van der Waals surface area contributed by atoms with E-state index < -0.39 is 11.0 Å². The maximum atomic E-state index is 13.0. The summed E-state index contributed by atoms with van der Waals surface area (Å²) in [5.74, 6) is -0.579. The molecule has 0 aromatic rings. The van der Waals surface area contributed by atoms with E-state index in [1.807, 2.05) is 20.8 Å². The first kappa shape index (κ1) is 25.5. The fraction of sp³-hybridized carbons (Fsp3) is 0.677. The number of ketones is 1. The van der Waals surface area contributed by atoms with Gasteiger partial charge in [-0.3, -0.25) is 9.59 Å². The summed E-state index contributed by atoms with van der Waals surface area (Å²) in [5, 5.41) is 22.2. The number of allylic oxidation sites excluding steroid dienone is 7. The highest BCUT2D eigenvalue weighted by Gasteiger charge is 2.71. The molecule has 5 aliphatic carbocycles. The van der Waals surface area contributed by atoms with Crippen LogP contribution in [0.1, 0.15) is 87.0 Å². The lowest BCUT2D eigenvalue weighted by atomic mass is 9.32. The van der Waals surface area contributed by atoms with Crippen molar-refractivity contribution in [1.82, 2.24) is 0 Å². The number of ether oxygens (including phenoxy) is 1. The third-order valence-electron chi connectivity index (χ3n) is 12.1. The van der Waals surface area contributed by atoms with Gasteiger partial charge in [-0.15, -0.1) is 0 Å². The summed E-state index contributed by atoms with van der Waals surface area (Å²) in [6.45, 7) is 15.0. The molecule has 0 spiro atoms. The number of aliphatic hydroxyl groups excluding tert-OH is 1. The number of hydrogen-bond acceptors (Lipinski definition) is 5. The Morgan fingerprint density at radius 1 is 1.00 bits per heavy atom. The molecule has 0 bridgehead atoms. The monoisotopic (exact) mass is 494 g/mol. The van der Waals surface area contributed by atoms with Gasteiger partial charge in [-0.05, 0) is 98.7 Å². The summed E-state index contributed by atoms with van der Waals surface area (Å²) in [6.07, 6.45) is 10.7. The first-order valence-electron chi connectivity index (χ1n) is 13.4. The molecular weight excluding hydrogens is 452 g/mol. The summed E-state index contributed by atoms with van der Waals surface area (Å²) in [4.78, 5) is 25.7. The summed E-state index contributed by atoms with van der Waals surface area (Å²) in [7, 11) is 1.44.